The van der Waals surface area contributed by atoms with Crippen LogP contribution >= 0.6 is 0 Å². The second-order valence-electron chi connectivity index (χ2n) is 7.14. The minimum absolute atomic E-state index is 0.0943. The van der Waals surface area contributed by atoms with Crippen molar-refractivity contribution in [3.63, 3.8) is 0 Å². The summed E-state index contributed by atoms with van der Waals surface area (Å²) >= 11 is 0. The fourth-order valence-electron chi connectivity index (χ4n) is 3.82. The van der Waals surface area contributed by atoms with Crippen LogP contribution in [0.2, 0.25) is 0 Å². The van der Waals surface area contributed by atoms with Crippen molar-refractivity contribution in [1.29, 1.82) is 0 Å². The molecule has 0 unspecified atom stereocenters. The highest BCUT2D eigenvalue weighted by Gasteiger charge is 2.17. The summed E-state index contributed by atoms with van der Waals surface area (Å²) in [5.41, 5.74) is 3.14. The summed E-state index contributed by atoms with van der Waals surface area (Å²) in [4.78, 5) is 33.8. The highest BCUT2D eigenvalue weighted by atomic mass is 16.2. The van der Waals surface area contributed by atoms with Crippen LogP contribution in [-0.4, -0.2) is 25.0 Å². The number of carbonyl (C=O) groups is 1. The summed E-state index contributed by atoms with van der Waals surface area (Å²) in [5, 5.41) is 3.38. The van der Waals surface area contributed by atoms with Crippen LogP contribution in [0.1, 0.15) is 12.2 Å². The van der Waals surface area contributed by atoms with E-state index in [1.54, 1.807) is 18.2 Å². The number of nitrogens with one attached hydrogen (secondary N) is 1. The third-order valence-electron chi connectivity index (χ3n) is 5.21. The van der Waals surface area contributed by atoms with E-state index in [2.05, 4.69) is 19.9 Å². The molecule has 1 aliphatic rings. The van der Waals surface area contributed by atoms with Crippen molar-refractivity contribution < 1.29 is 4.79 Å². The third-order valence-corrected chi connectivity index (χ3v) is 5.21. The van der Waals surface area contributed by atoms with Crippen LogP contribution in [0.3, 0.4) is 0 Å². The van der Waals surface area contributed by atoms with Crippen molar-refractivity contribution in [2.45, 2.75) is 25.9 Å². The topological polar surface area (TPSA) is 81.8 Å². The van der Waals surface area contributed by atoms with Gasteiger partial charge in [-0.3, -0.25) is 14.2 Å². The van der Waals surface area contributed by atoms with Gasteiger partial charge < -0.3 is 9.88 Å². The zero-order chi connectivity index (χ0) is 19.8. The summed E-state index contributed by atoms with van der Waals surface area (Å²) in [6.45, 7) is 0.877. The Morgan fingerprint density at radius 2 is 2.00 bits per heavy atom. The Balaban J connectivity index is 1.36. The Hall–Kier alpha value is -3.74. The molecular formula is C22H19N5O2. The number of benzene rings is 2. The maximum absolute atomic E-state index is 12.6. The molecule has 5 rings (SSSR count). The second kappa shape index (κ2) is 7.01. The van der Waals surface area contributed by atoms with Gasteiger partial charge >= 0.3 is 0 Å². The zero-order valence-corrected chi connectivity index (χ0v) is 15.7. The van der Waals surface area contributed by atoms with Crippen molar-refractivity contribution in [1.82, 2.24) is 19.1 Å². The van der Waals surface area contributed by atoms with Crippen LogP contribution in [0.5, 0.6) is 0 Å². The molecule has 0 aliphatic carbocycles. The molecule has 3 heterocycles. The van der Waals surface area contributed by atoms with Gasteiger partial charge in [0.05, 0.1) is 29.1 Å². The first-order chi connectivity index (χ1) is 14.2. The van der Waals surface area contributed by atoms with Gasteiger partial charge in [0, 0.05) is 24.2 Å². The average Bonchev–Trinajstić information content (AvgIpc) is 3.34. The van der Waals surface area contributed by atoms with Crippen LogP contribution in [0.15, 0.2) is 65.8 Å². The van der Waals surface area contributed by atoms with Crippen LogP contribution in [0.25, 0.3) is 22.2 Å². The van der Waals surface area contributed by atoms with Gasteiger partial charge in [-0.1, -0.05) is 24.3 Å². The van der Waals surface area contributed by atoms with Crippen LogP contribution in [-0.2, 0) is 24.3 Å². The van der Waals surface area contributed by atoms with E-state index in [0.29, 0.717) is 16.6 Å². The Bertz CT molecular complexity index is 1290. The first-order valence-corrected chi connectivity index (χ1v) is 9.58. The largest absolute Gasteiger partial charge is 0.328 e. The normalized spacial score (nSPS) is 12.8. The molecule has 29 heavy (non-hydrogen) atoms. The van der Waals surface area contributed by atoms with E-state index < -0.39 is 0 Å². The zero-order valence-electron chi connectivity index (χ0n) is 15.7. The molecule has 0 atom stereocenters. The summed E-state index contributed by atoms with van der Waals surface area (Å²) in [6.07, 6.45) is 5.41. The molecular weight excluding hydrogens is 366 g/mol. The Labute approximate surface area is 166 Å². The fraction of sp³-hybridized carbons (Fsp3) is 0.182. The van der Waals surface area contributed by atoms with Crippen molar-refractivity contribution in [2.24, 2.45) is 0 Å². The van der Waals surface area contributed by atoms with Gasteiger partial charge in [-0.2, -0.15) is 0 Å². The van der Waals surface area contributed by atoms with E-state index in [1.807, 2.05) is 36.5 Å². The minimum Gasteiger partial charge on any atom is -0.328 e. The van der Waals surface area contributed by atoms with E-state index in [4.69, 9.17) is 0 Å². The lowest BCUT2D eigenvalue weighted by atomic mass is 10.1. The van der Waals surface area contributed by atoms with E-state index in [9.17, 15) is 9.59 Å². The van der Waals surface area contributed by atoms with Gasteiger partial charge in [0.25, 0.3) is 5.56 Å². The van der Waals surface area contributed by atoms with Gasteiger partial charge in [-0.15, -0.1) is 0 Å². The molecule has 0 spiro atoms. The first kappa shape index (κ1) is 17.4. The number of anilines is 1. The Morgan fingerprint density at radius 1 is 1.10 bits per heavy atom. The molecule has 2 aromatic carbocycles. The van der Waals surface area contributed by atoms with Crippen molar-refractivity contribution in [2.75, 3.05) is 5.32 Å². The van der Waals surface area contributed by atoms with Gasteiger partial charge in [0.15, 0.2) is 0 Å². The molecule has 0 saturated heterocycles. The number of para-hydroxylation sites is 1. The maximum atomic E-state index is 12.6. The predicted octanol–water partition coefficient (Wildman–Crippen LogP) is 2.84. The first-order valence-electron chi connectivity index (χ1n) is 9.58. The highest BCUT2D eigenvalue weighted by molar-refractivity contribution is 5.91. The predicted molar refractivity (Wildman–Crippen MR) is 111 cm³/mol. The molecule has 2 aromatic heterocycles. The second-order valence-corrected chi connectivity index (χ2v) is 7.14. The van der Waals surface area contributed by atoms with Crippen LogP contribution < -0.4 is 10.9 Å². The number of amides is 1. The summed E-state index contributed by atoms with van der Waals surface area (Å²) in [7, 11) is 0. The molecule has 0 fully saturated rings. The van der Waals surface area contributed by atoms with E-state index in [0.717, 1.165) is 36.5 Å². The molecule has 1 aliphatic heterocycles. The Kier molecular flexibility index (Phi) is 4.20. The van der Waals surface area contributed by atoms with Crippen LogP contribution in [0.4, 0.5) is 5.69 Å². The minimum atomic E-state index is -0.278. The molecule has 144 valence electrons. The van der Waals surface area contributed by atoms with Crippen molar-refractivity contribution in [3.05, 3.63) is 77.2 Å². The number of aromatic nitrogens is 4. The number of nitrogens with zero attached hydrogens (tertiary/aromatic N) is 4. The smallest absolute Gasteiger partial charge is 0.261 e. The number of fused-ring (bicyclic) bond motifs is 2. The van der Waals surface area contributed by atoms with E-state index >= 15 is 0 Å². The maximum Gasteiger partial charge on any atom is 0.261 e. The number of aryl methyl sites for hydroxylation is 1. The molecule has 1 N–H and O–H groups in total. The van der Waals surface area contributed by atoms with Gasteiger partial charge in [-0.25, -0.2) is 9.97 Å². The molecule has 4 aromatic rings. The van der Waals surface area contributed by atoms with Gasteiger partial charge in [0.1, 0.15) is 12.4 Å². The molecule has 7 nitrogen and oxygen atoms in total. The van der Waals surface area contributed by atoms with Gasteiger partial charge in [-0.05, 0) is 30.7 Å². The molecule has 0 saturated carbocycles. The van der Waals surface area contributed by atoms with Gasteiger partial charge in [0.2, 0.25) is 5.91 Å². The lowest BCUT2D eigenvalue weighted by Crippen LogP contribution is -2.27. The molecule has 1 amide bonds. The SMILES string of the molecule is O=C(Cn1cnc2ccccc2c1=O)Nc1cccc(-c2cnc3n2CCC3)c1. The molecule has 0 radical (unpaired) electrons. The monoisotopic (exact) mass is 385 g/mol. The lowest BCUT2D eigenvalue weighted by Gasteiger charge is -2.10. The van der Waals surface area contributed by atoms with Crippen molar-refractivity contribution >= 4 is 22.5 Å². The average molecular weight is 385 g/mol. The van der Waals surface area contributed by atoms with Crippen LogP contribution in [0, 0.1) is 0 Å². The molecule has 7 heteroatoms. The quantitative estimate of drug-likeness (QED) is 0.586. The van der Waals surface area contributed by atoms with Crippen molar-refractivity contribution in [3.8, 4) is 11.3 Å². The summed E-state index contributed by atoms with van der Waals surface area (Å²) in [5.74, 6) is 0.831. The number of imidazole rings is 1. The third kappa shape index (κ3) is 3.20. The number of hydrogen-bond donors (Lipinski definition) is 1. The fourth-order valence-corrected chi connectivity index (χ4v) is 3.82. The van der Waals surface area contributed by atoms with E-state index in [-0.39, 0.29) is 18.0 Å². The number of rotatable bonds is 4. The van der Waals surface area contributed by atoms with E-state index in [1.165, 1.54) is 10.9 Å². The number of hydrogen-bond acceptors (Lipinski definition) is 4. The number of carbonyl (C=O) groups excluding carboxylic acids is 1. The lowest BCUT2D eigenvalue weighted by molar-refractivity contribution is -0.116. The Morgan fingerprint density at radius 3 is 2.93 bits per heavy atom. The highest BCUT2D eigenvalue weighted by Crippen LogP contribution is 2.27. The summed E-state index contributed by atoms with van der Waals surface area (Å²) in [6, 6.07) is 14.8. The molecule has 0 bridgehead atoms. The summed E-state index contributed by atoms with van der Waals surface area (Å²) < 4.78 is 3.55. The standard InChI is InChI=1S/C22H19N5O2/c28-21(13-26-14-24-18-8-2-1-7-17(18)22(26)29)25-16-6-3-5-15(11-16)19-12-23-20-9-4-10-27(19)20/h1-3,5-8,11-12,14H,4,9-10,13H2,(H,25,28).